The summed E-state index contributed by atoms with van der Waals surface area (Å²) >= 11 is 0. The predicted molar refractivity (Wildman–Crippen MR) is 109 cm³/mol. The van der Waals surface area contributed by atoms with Gasteiger partial charge in [-0.15, -0.1) is 0 Å². The van der Waals surface area contributed by atoms with Crippen molar-refractivity contribution in [2.45, 2.75) is 12.6 Å². The van der Waals surface area contributed by atoms with Gasteiger partial charge in [0.15, 0.2) is 5.82 Å². The third-order valence-electron chi connectivity index (χ3n) is 5.14. The lowest BCUT2D eigenvalue weighted by Crippen LogP contribution is -2.45. The number of amides is 2. The smallest absolute Gasteiger partial charge is 0.370 e. The number of hydrogen-bond acceptors (Lipinski definition) is 4. The van der Waals surface area contributed by atoms with E-state index in [4.69, 9.17) is 0 Å². The largest absolute Gasteiger partial charge is 0.395 e. The van der Waals surface area contributed by atoms with Gasteiger partial charge in [0.05, 0.1) is 17.3 Å². The first kappa shape index (κ1) is 19.9. The number of carbonyl (C=O) groups excluding carboxylic acids is 1. The molecule has 1 atom stereocenters. The third kappa shape index (κ3) is 4.00. The molecule has 1 aliphatic carbocycles. The summed E-state index contributed by atoms with van der Waals surface area (Å²) in [6.07, 6.45) is 3.11. The Hall–Kier alpha value is -3.36. The van der Waals surface area contributed by atoms with Crippen molar-refractivity contribution in [1.82, 2.24) is 9.97 Å². The Balaban J connectivity index is 1.66. The summed E-state index contributed by atoms with van der Waals surface area (Å²) in [6, 6.07) is 6.46. The van der Waals surface area contributed by atoms with Gasteiger partial charge in [-0.1, -0.05) is 18.2 Å². The quantitative estimate of drug-likeness (QED) is 0.785. The molecule has 0 spiro atoms. The highest BCUT2D eigenvalue weighted by molar-refractivity contribution is 6.03. The molecule has 0 radical (unpaired) electrons. The lowest BCUT2D eigenvalue weighted by Gasteiger charge is -2.35. The Morgan fingerprint density at radius 1 is 1.17 bits per heavy atom. The Labute approximate surface area is 171 Å². The van der Waals surface area contributed by atoms with Crippen molar-refractivity contribution >= 4 is 28.8 Å². The first-order valence-electron chi connectivity index (χ1n) is 9.49. The van der Waals surface area contributed by atoms with E-state index in [0.717, 1.165) is 5.69 Å². The second kappa shape index (κ2) is 7.81. The molecule has 4 rings (SSSR count). The average molecular weight is 415 g/mol. The fraction of sp³-hybridized carbons (Fsp3) is 0.286. The molecular weight excluding hydrogens is 395 g/mol. The number of fused-ring (bicyclic) bond motifs is 1. The van der Waals surface area contributed by atoms with Gasteiger partial charge < -0.3 is 10.2 Å². The first-order valence-corrected chi connectivity index (χ1v) is 9.49. The summed E-state index contributed by atoms with van der Waals surface area (Å²) in [6.45, 7) is 1.01. The van der Waals surface area contributed by atoms with E-state index >= 15 is 0 Å². The number of aromatic nitrogens is 2. The summed E-state index contributed by atoms with van der Waals surface area (Å²) in [4.78, 5) is 24.8. The van der Waals surface area contributed by atoms with Gasteiger partial charge in [0.2, 0.25) is 0 Å². The minimum Gasteiger partial charge on any atom is -0.370 e. The molecule has 2 aromatic heterocycles. The summed E-state index contributed by atoms with van der Waals surface area (Å²) in [5.41, 5.74) is 2.13. The molecule has 2 amide bonds. The molecule has 0 aromatic carbocycles. The van der Waals surface area contributed by atoms with Gasteiger partial charge in [-0.05, 0) is 36.3 Å². The molecule has 9 heteroatoms. The van der Waals surface area contributed by atoms with Crippen molar-refractivity contribution < 1.29 is 18.0 Å². The van der Waals surface area contributed by atoms with Crippen LogP contribution in [0, 0.1) is 5.92 Å². The number of anilines is 3. The van der Waals surface area contributed by atoms with Crippen LogP contribution in [-0.4, -0.2) is 42.3 Å². The van der Waals surface area contributed by atoms with Crippen LogP contribution < -0.4 is 15.1 Å². The normalized spacial score (nSPS) is 18.7. The van der Waals surface area contributed by atoms with Crippen LogP contribution in [-0.2, 0) is 0 Å². The lowest BCUT2D eigenvalue weighted by molar-refractivity contribution is -0.160. The van der Waals surface area contributed by atoms with Crippen LogP contribution in [0.5, 0.6) is 0 Å². The molecule has 0 fully saturated rings. The highest BCUT2D eigenvalue weighted by Gasteiger charge is 2.38. The average Bonchev–Trinajstić information content (AvgIpc) is 2.74. The second-order valence-electron chi connectivity index (χ2n) is 7.19. The van der Waals surface area contributed by atoms with E-state index in [0.29, 0.717) is 35.9 Å². The van der Waals surface area contributed by atoms with Gasteiger partial charge in [0.1, 0.15) is 0 Å². The van der Waals surface area contributed by atoms with Gasteiger partial charge in [-0.25, -0.2) is 9.78 Å². The molecule has 1 unspecified atom stereocenters. The van der Waals surface area contributed by atoms with Crippen molar-refractivity contribution in [3.8, 4) is 0 Å². The Morgan fingerprint density at radius 3 is 2.67 bits per heavy atom. The number of rotatable bonds is 2. The van der Waals surface area contributed by atoms with Gasteiger partial charge in [-0.2, -0.15) is 13.2 Å². The standard InChI is InChI=1S/C21H20F3N5O/c1-28-11-12-29(20(30)26-16-7-9-25-10-8-16)19-18(28)6-5-17(27-19)14-3-2-4-15(13-14)21(22,23)24/h2-3,5-10,13,15H,4,11-12H2,1H3,(H,25,26,30). The SMILES string of the molecule is CN1CCN(C(=O)Nc2ccncc2)c2nc(C3=CC(C(F)(F)F)CC=C3)ccc21. The maximum absolute atomic E-state index is 13.2. The van der Waals surface area contributed by atoms with E-state index in [2.05, 4.69) is 15.3 Å². The van der Waals surface area contributed by atoms with E-state index in [1.165, 1.54) is 17.1 Å². The highest BCUT2D eigenvalue weighted by Crippen LogP contribution is 2.37. The molecular formula is C21H20F3N5O. The number of nitrogens with one attached hydrogen (secondary N) is 1. The van der Waals surface area contributed by atoms with E-state index < -0.39 is 12.1 Å². The minimum absolute atomic E-state index is 0.0822. The maximum atomic E-state index is 13.2. The zero-order valence-electron chi connectivity index (χ0n) is 16.2. The summed E-state index contributed by atoms with van der Waals surface area (Å²) < 4.78 is 39.5. The van der Waals surface area contributed by atoms with Crippen LogP contribution in [0.2, 0.25) is 0 Å². The molecule has 3 heterocycles. The van der Waals surface area contributed by atoms with Crippen molar-refractivity contribution in [2.24, 2.45) is 5.92 Å². The fourth-order valence-electron chi connectivity index (χ4n) is 3.48. The number of pyridine rings is 2. The Bertz CT molecular complexity index is 1000. The summed E-state index contributed by atoms with van der Waals surface area (Å²) in [7, 11) is 1.89. The number of halogens is 3. The van der Waals surface area contributed by atoms with E-state index in [-0.39, 0.29) is 12.5 Å². The molecule has 2 aromatic rings. The molecule has 1 N–H and O–H groups in total. The Kier molecular flexibility index (Phi) is 5.19. The molecule has 6 nitrogen and oxygen atoms in total. The van der Waals surface area contributed by atoms with Crippen LogP contribution in [0.25, 0.3) is 5.57 Å². The van der Waals surface area contributed by atoms with E-state index in [9.17, 15) is 18.0 Å². The zero-order valence-corrected chi connectivity index (χ0v) is 16.2. The van der Waals surface area contributed by atoms with E-state index in [1.807, 2.05) is 11.9 Å². The zero-order chi connectivity index (χ0) is 21.3. The summed E-state index contributed by atoms with van der Waals surface area (Å²) in [5, 5.41) is 2.80. The van der Waals surface area contributed by atoms with Crippen LogP contribution in [0.1, 0.15) is 12.1 Å². The van der Waals surface area contributed by atoms with Crippen molar-refractivity contribution in [1.29, 1.82) is 0 Å². The van der Waals surface area contributed by atoms with Crippen LogP contribution in [0.4, 0.5) is 35.2 Å². The number of urea groups is 1. The second-order valence-corrected chi connectivity index (χ2v) is 7.19. The van der Waals surface area contributed by atoms with Crippen molar-refractivity contribution in [3.63, 3.8) is 0 Å². The molecule has 30 heavy (non-hydrogen) atoms. The van der Waals surface area contributed by atoms with Crippen LogP contribution in [0.15, 0.2) is 54.9 Å². The van der Waals surface area contributed by atoms with Gasteiger partial charge >= 0.3 is 12.2 Å². The maximum Gasteiger partial charge on any atom is 0.395 e. The first-order chi connectivity index (χ1) is 14.3. The third-order valence-corrected chi connectivity index (χ3v) is 5.14. The van der Waals surface area contributed by atoms with Gasteiger partial charge in [0.25, 0.3) is 0 Å². The molecule has 2 aliphatic rings. The van der Waals surface area contributed by atoms with Crippen molar-refractivity contribution in [3.05, 3.63) is 60.6 Å². The number of likely N-dealkylation sites (N-methyl/N-ethyl adjacent to an activating group) is 1. The number of nitrogens with zero attached hydrogens (tertiary/aromatic N) is 4. The molecule has 0 saturated heterocycles. The molecule has 156 valence electrons. The monoisotopic (exact) mass is 415 g/mol. The highest BCUT2D eigenvalue weighted by atomic mass is 19.4. The lowest BCUT2D eigenvalue weighted by atomic mass is 9.94. The van der Waals surface area contributed by atoms with Crippen LogP contribution in [0.3, 0.4) is 0 Å². The topological polar surface area (TPSA) is 61.4 Å². The number of carbonyl (C=O) groups is 1. The minimum atomic E-state index is -4.30. The number of hydrogen-bond donors (Lipinski definition) is 1. The van der Waals surface area contributed by atoms with E-state index in [1.54, 1.807) is 42.7 Å². The Morgan fingerprint density at radius 2 is 1.93 bits per heavy atom. The molecule has 0 saturated carbocycles. The number of alkyl halides is 3. The van der Waals surface area contributed by atoms with Crippen molar-refractivity contribution in [2.75, 3.05) is 35.3 Å². The molecule has 0 bridgehead atoms. The predicted octanol–water partition coefficient (Wildman–Crippen LogP) is 4.49. The fourth-order valence-corrected chi connectivity index (χ4v) is 3.48. The number of allylic oxidation sites excluding steroid dienone is 4. The van der Waals surface area contributed by atoms with Crippen LogP contribution >= 0.6 is 0 Å². The van der Waals surface area contributed by atoms with Gasteiger partial charge in [0, 0.05) is 38.2 Å². The summed E-state index contributed by atoms with van der Waals surface area (Å²) in [5.74, 6) is -1.12. The molecule has 1 aliphatic heterocycles. The van der Waals surface area contributed by atoms with Gasteiger partial charge in [-0.3, -0.25) is 9.88 Å².